The molecule has 1 aromatic heterocycles. The minimum absolute atomic E-state index is 0.480. The van der Waals surface area contributed by atoms with Gasteiger partial charge in [0.1, 0.15) is 0 Å². The average molecular weight is 379 g/mol. The van der Waals surface area contributed by atoms with E-state index in [0.717, 1.165) is 0 Å². The number of nitrogens with one attached hydrogen (secondary N) is 1. The zero-order chi connectivity index (χ0) is 19.4. The van der Waals surface area contributed by atoms with E-state index in [1.807, 2.05) is 0 Å². The Bertz CT molecular complexity index is 923. The maximum Gasteiger partial charge on any atom is 0.363 e. The summed E-state index contributed by atoms with van der Waals surface area (Å²) in [6.45, 7) is 2.86. The lowest BCUT2D eigenvalue weighted by atomic mass is 10.3. The van der Waals surface area contributed by atoms with Crippen molar-refractivity contribution in [1.82, 2.24) is 15.1 Å². The molecule has 0 saturated carbocycles. The predicted octanol–water partition coefficient (Wildman–Crippen LogP) is 0.935. The summed E-state index contributed by atoms with van der Waals surface area (Å²) in [5.74, 6) is -2.03. The van der Waals surface area contributed by atoms with Crippen LogP contribution in [0.1, 0.15) is 23.1 Å². The number of amides is 3. The summed E-state index contributed by atoms with van der Waals surface area (Å²) in [4.78, 5) is 46.5. The van der Waals surface area contributed by atoms with Crippen LogP contribution >= 0.6 is 11.6 Å². The van der Waals surface area contributed by atoms with E-state index in [4.69, 9.17) is 22.1 Å². The van der Waals surface area contributed by atoms with Gasteiger partial charge in [-0.15, -0.1) is 0 Å². The number of esters is 1. The maximum absolute atomic E-state index is 12.2. The number of halogens is 1. The molecule has 1 aromatic carbocycles. The molecule has 3 amide bonds. The molecule has 2 aromatic rings. The molecule has 10 heteroatoms. The van der Waals surface area contributed by atoms with Crippen molar-refractivity contribution in [2.45, 2.75) is 20.0 Å². The van der Waals surface area contributed by atoms with Crippen LogP contribution in [0.15, 0.2) is 35.1 Å². The number of hydrogen-bond donors (Lipinski definition) is 2. The van der Waals surface area contributed by atoms with E-state index in [1.165, 1.54) is 17.7 Å². The fourth-order valence-electron chi connectivity index (χ4n) is 2.03. The summed E-state index contributed by atoms with van der Waals surface area (Å²) in [6, 6.07) is 6.70. The normalized spacial score (nSPS) is 11.5. The van der Waals surface area contributed by atoms with Gasteiger partial charge in [-0.3, -0.25) is 14.9 Å². The quantitative estimate of drug-likeness (QED) is 0.760. The van der Waals surface area contributed by atoms with Crippen LogP contribution in [0.2, 0.25) is 5.02 Å². The summed E-state index contributed by atoms with van der Waals surface area (Å²) in [6.07, 6.45) is -1.35. The Morgan fingerprint density at radius 2 is 1.88 bits per heavy atom. The lowest BCUT2D eigenvalue weighted by molar-refractivity contribution is -0.127. The Balaban J connectivity index is 2.31. The van der Waals surface area contributed by atoms with Gasteiger partial charge < -0.3 is 10.5 Å². The number of nitrogens with two attached hydrogens (primary N) is 1. The van der Waals surface area contributed by atoms with Crippen molar-refractivity contribution in [2.24, 2.45) is 5.73 Å². The van der Waals surface area contributed by atoms with E-state index in [1.54, 1.807) is 36.5 Å². The van der Waals surface area contributed by atoms with Crippen LogP contribution < -0.4 is 16.5 Å². The third-order valence-electron chi connectivity index (χ3n) is 3.27. The van der Waals surface area contributed by atoms with E-state index in [2.05, 4.69) is 5.10 Å². The number of aromatic nitrogens is 2. The summed E-state index contributed by atoms with van der Waals surface area (Å²) >= 11 is 5.84. The van der Waals surface area contributed by atoms with Gasteiger partial charge in [-0.2, -0.15) is 5.10 Å². The fraction of sp³-hybridized carbons (Fsp3) is 0.188. The van der Waals surface area contributed by atoms with Crippen LogP contribution in [0.4, 0.5) is 4.79 Å². The standard InChI is InChI=1S/C16H15ClN4O5/c1-8-7-12(22)13(15(24)26-9(2)14(23)19-16(18)25)20-21(8)11-5-3-10(17)4-6-11/h3-7,9H,1-2H3,(H3,18,19,23,25)/t9-/m0/s1. The second-order valence-corrected chi connectivity index (χ2v) is 5.72. The molecule has 9 nitrogen and oxygen atoms in total. The molecule has 0 aliphatic rings. The maximum atomic E-state index is 12.2. The molecule has 0 spiro atoms. The van der Waals surface area contributed by atoms with Crippen LogP contribution in [-0.2, 0) is 9.53 Å². The van der Waals surface area contributed by atoms with Gasteiger partial charge in [0.25, 0.3) is 5.91 Å². The highest BCUT2D eigenvalue weighted by Crippen LogP contribution is 2.14. The van der Waals surface area contributed by atoms with Gasteiger partial charge in [-0.1, -0.05) is 11.6 Å². The van der Waals surface area contributed by atoms with Gasteiger partial charge in [0.15, 0.2) is 6.10 Å². The van der Waals surface area contributed by atoms with E-state index in [9.17, 15) is 19.2 Å². The van der Waals surface area contributed by atoms with Crippen molar-refractivity contribution in [3.05, 3.63) is 57.0 Å². The second-order valence-electron chi connectivity index (χ2n) is 5.29. The van der Waals surface area contributed by atoms with Crippen molar-refractivity contribution in [3.8, 4) is 5.69 Å². The highest BCUT2D eigenvalue weighted by atomic mass is 35.5. The van der Waals surface area contributed by atoms with Gasteiger partial charge in [0.2, 0.25) is 11.1 Å². The first-order chi connectivity index (χ1) is 12.2. The van der Waals surface area contributed by atoms with Crippen LogP contribution in [0.5, 0.6) is 0 Å². The molecule has 0 radical (unpaired) electrons. The highest BCUT2D eigenvalue weighted by Gasteiger charge is 2.23. The minimum atomic E-state index is -1.35. The molecule has 2 rings (SSSR count). The van der Waals surface area contributed by atoms with Gasteiger partial charge in [0.05, 0.1) is 5.69 Å². The number of carbonyl (C=O) groups is 3. The van der Waals surface area contributed by atoms with Crippen molar-refractivity contribution in [2.75, 3.05) is 0 Å². The Morgan fingerprint density at radius 3 is 2.46 bits per heavy atom. The number of nitrogens with zero attached hydrogens (tertiary/aromatic N) is 2. The third kappa shape index (κ3) is 4.45. The minimum Gasteiger partial charge on any atom is -0.448 e. The molecule has 0 bridgehead atoms. The van der Waals surface area contributed by atoms with E-state index in [0.29, 0.717) is 16.4 Å². The Kier molecular flexibility index (Phi) is 5.73. The first-order valence-corrected chi connectivity index (χ1v) is 7.75. The Morgan fingerprint density at radius 1 is 1.27 bits per heavy atom. The van der Waals surface area contributed by atoms with Crippen LogP contribution in [0, 0.1) is 6.92 Å². The molecular weight excluding hydrogens is 364 g/mol. The van der Waals surface area contributed by atoms with Gasteiger partial charge in [0, 0.05) is 16.8 Å². The lowest BCUT2D eigenvalue weighted by Crippen LogP contribution is -2.42. The number of hydrogen-bond acceptors (Lipinski definition) is 6. The summed E-state index contributed by atoms with van der Waals surface area (Å²) < 4.78 is 6.24. The number of benzene rings is 1. The molecule has 0 aliphatic heterocycles. The Labute approximate surface area is 152 Å². The van der Waals surface area contributed by atoms with Crippen LogP contribution in [0.3, 0.4) is 0 Å². The van der Waals surface area contributed by atoms with Gasteiger partial charge in [-0.05, 0) is 38.1 Å². The van der Waals surface area contributed by atoms with Crippen LogP contribution in [-0.4, -0.2) is 33.8 Å². The van der Waals surface area contributed by atoms with Gasteiger partial charge in [-0.25, -0.2) is 14.3 Å². The number of rotatable bonds is 4. The smallest absolute Gasteiger partial charge is 0.363 e. The summed E-state index contributed by atoms with van der Waals surface area (Å²) in [5.41, 5.74) is 4.70. The van der Waals surface area contributed by atoms with Crippen molar-refractivity contribution < 1.29 is 19.1 Å². The SMILES string of the molecule is Cc1cc(=O)c(C(=O)O[C@@H](C)C(=O)NC(N)=O)nn1-c1ccc(Cl)cc1. The highest BCUT2D eigenvalue weighted by molar-refractivity contribution is 6.30. The molecule has 0 unspecified atom stereocenters. The van der Waals surface area contributed by atoms with E-state index >= 15 is 0 Å². The number of primary amides is 1. The molecule has 26 heavy (non-hydrogen) atoms. The summed E-state index contributed by atoms with van der Waals surface area (Å²) in [7, 11) is 0. The number of ether oxygens (including phenoxy) is 1. The van der Waals surface area contributed by atoms with Gasteiger partial charge >= 0.3 is 12.0 Å². The molecule has 136 valence electrons. The number of aryl methyl sites for hydroxylation is 1. The first kappa shape index (κ1) is 19.1. The largest absolute Gasteiger partial charge is 0.448 e. The van der Waals surface area contributed by atoms with Crippen molar-refractivity contribution in [1.29, 1.82) is 0 Å². The fourth-order valence-corrected chi connectivity index (χ4v) is 2.15. The molecule has 0 saturated heterocycles. The molecule has 0 aliphatic carbocycles. The predicted molar refractivity (Wildman–Crippen MR) is 92.2 cm³/mol. The lowest BCUT2D eigenvalue weighted by Gasteiger charge is -2.13. The first-order valence-electron chi connectivity index (χ1n) is 7.37. The molecule has 3 N–H and O–H groups in total. The van der Waals surface area contributed by atoms with Crippen molar-refractivity contribution in [3.63, 3.8) is 0 Å². The molecule has 0 fully saturated rings. The zero-order valence-electron chi connectivity index (χ0n) is 13.9. The van der Waals surface area contributed by atoms with Crippen molar-refractivity contribution >= 4 is 29.5 Å². The van der Waals surface area contributed by atoms with Crippen LogP contribution in [0.25, 0.3) is 5.69 Å². The number of imide groups is 1. The monoisotopic (exact) mass is 378 g/mol. The molecule has 1 atom stereocenters. The number of carbonyl (C=O) groups excluding carboxylic acids is 3. The summed E-state index contributed by atoms with van der Waals surface area (Å²) in [5, 5.41) is 6.30. The second kappa shape index (κ2) is 7.79. The third-order valence-corrected chi connectivity index (χ3v) is 3.52. The molecule has 1 heterocycles. The topological polar surface area (TPSA) is 133 Å². The molecular formula is C16H15ClN4O5. The average Bonchev–Trinajstić information content (AvgIpc) is 2.55. The van der Waals surface area contributed by atoms with E-state index in [-0.39, 0.29) is 0 Å². The zero-order valence-corrected chi connectivity index (χ0v) is 14.6. The Hall–Kier alpha value is -3.20. The van der Waals surface area contributed by atoms with E-state index < -0.39 is 35.1 Å². The number of urea groups is 1.